The van der Waals surface area contributed by atoms with Crippen LogP contribution in [0.4, 0.5) is 0 Å². The molecule has 7 heteroatoms. The number of aliphatic hydroxyl groups is 2. The van der Waals surface area contributed by atoms with Crippen LogP contribution in [0, 0.1) is 35.5 Å². The Morgan fingerprint density at radius 3 is 2.47 bits per heavy atom. The summed E-state index contributed by atoms with van der Waals surface area (Å²) in [5.74, 6) is -2.39. The minimum atomic E-state index is -2.17. The lowest BCUT2D eigenvalue weighted by Crippen LogP contribution is -2.43. The van der Waals surface area contributed by atoms with Gasteiger partial charge in [-0.25, -0.2) is 4.79 Å². The van der Waals surface area contributed by atoms with Crippen LogP contribution in [-0.4, -0.2) is 44.6 Å². The summed E-state index contributed by atoms with van der Waals surface area (Å²) in [7, 11) is 0. The zero-order valence-electron chi connectivity index (χ0n) is 19.5. The van der Waals surface area contributed by atoms with Crippen molar-refractivity contribution < 1.29 is 29.7 Å². The fourth-order valence-corrected chi connectivity index (χ4v) is 5.98. The molecule has 3 aliphatic rings. The number of carboxylic acids is 1. The predicted octanol–water partition coefficient (Wildman–Crippen LogP) is 3.16. The number of allylic oxidation sites excluding steroid dienone is 5. The summed E-state index contributed by atoms with van der Waals surface area (Å²) in [5.41, 5.74) is -1.41. The molecule has 2 unspecified atom stereocenters. The zero-order valence-corrected chi connectivity index (χ0v) is 19.5. The number of aliphatic carboxylic acids is 1. The molecule has 0 aromatic heterocycles. The third kappa shape index (κ3) is 4.27. The van der Waals surface area contributed by atoms with Gasteiger partial charge in [0.15, 0.2) is 11.4 Å². The first-order valence-electron chi connectivity index (χ1n) is 11.4. The molecule has 2 aliphatic carbocycles. The van der Waals surface area contributed by atoms with E-state index in [-0.39, 0.29) is 29.1 Å². The molecule has 1 heterocycles. The smallest absolute Gasteiger partial charge is 0.335 e. The molecule has 0 bridgehead atoms. The molecule has 4 N–H and O–H groups in total. The van der Waals surface area contributed by atoms with Crippen LogP contribution in [0.3, 0.4) is 0 Å². The summed E-state index contributed by atoms with van der Waals surface area (Å²) in [4.78, 5) is 37.1. The summed E-state index contributed by atoms with van der Waals surface area (Å²) >= 11 is 0. The second-order valence-corrected chi connectivity index (χ2v) is 10.2. The third-order valence-corrected chi connectivity index (χ3v) is 7.68. The number of fused-ring (bicyclic) bond motifs is 1. The lowest BCUT2D eigenvalue weighted by atomic mass is 9.57. The number of amides is 1. The summed E-state index contributed by atoms with van der Waals surface area (Å²) < 4.78 is 0. The molecule has 0 radical (unpaired) electrons. The van der Waals surface area contributed by atoms with Crippen molar-refractivity contribution in [1.82, 2.24) is 5.32 Å². The SMILES string of the molecule is C/C=C(\C)[C@@H]1C=C[C@@H]2C[C@H](C)CC(C)C2[C@@H]1/C(O)=C1\C(=O)N[C@H](C[C@@](C)(O)C(=O)O)C1=O. The maximum absolute atomic E-state index is 13.1. The number of carbonyl (C=O) groups is 3. The molecule has 3 rings (SSSR count). The largest absolute Gasteiger partial charge is 0.511 e. The van der Waals surface area contributed by atoms with Crippen LogP contribution in [0.5, 0.6) is 0 Å². The first kappa shape index (κ1) is 24.2. The van der Waals surface area contributed by atoms with Gasteiger partial charge in [0.05, 0.1) is 6.04 Å². The lowest BCUT2D eigenvalue weighted by Gasteiger charge is -2.47. The van der Waals surface area contributed by atoms with Crippen molar-refractivity contribution in [3.05, 3.63) is 35.1 Å². The number of ketones is 1. The first-order chi connectivity index (χ1) is 14.9. The molecule has 7 nitrogen and oxygen atoms in total. The molecule has 32 heavy (non-hydrogen) atoms. The molecule has 1 aliphatic heterocycles. The van der Waals surface area contributed by atoms with E-state index in [0.29, 0.717) is 11.8 Å². The van der Waals surface area contributed by atoms with Crippen LogP contribution < -0.4 is 5.32 Å². The van der Waals surface area contributed by atoms with Gasteiger partial charge in [-0.2, -0.15) is 0 Å². The van der Waals surface area contributed by atoms with Gasteiger partial charge >= 0.3 is 5.97 Å². The molecule has 1 saturated carbocycles. The van der Waals surface area contributed by atoms with Gasteiger partial charge in [0.1, 0.15) is 11.3 Å². The quantitative estimate of drug-likeness (QED) is 0.223. The Labute approximate surface area is 189 Å². The van der Waals surface area contributed by atoms with Gasteiger partial charge in [0.2, 0.25) is 0 Å². The van der Waals surface area contributed by atoms with Crippen molar-refractivity contribution in [3.63, 3.8) is 0 Å². The van der Waals surface area contributed by atoms with E-state index in [0.717, 1.165) is 25.3 Å². The Hall–Kier alpha value is -2.41. The second kappa shape index (κ2) is 8.85. The van der Waals surface area contributed by atoms with Gasteiger partial charge in [-0.1, -0.05) is 37.6 Å². The van der Waals surface area contributed by atoms with Gasteiger partial charge in [0, 0.05) is 18.3 Å². The van der Waals surface area contributed by atoms with Crippen molar-refractivity contribution in [2.45, 2.75) is 65.5 Å². The summed E-state index contributed by atoms with van der Waals surface area (Å²) in [6, 6.07) is -1.19. The van der Waals surface area contributed by atoms with Crippen molar-refractivity contribution >= 4 is 17.7 Å². The Morgan fingerprint density at radius 1 is 1.22 bits per heavy atom. The molecule has 176 valence electrons. The van der Waals surface area contributed by atoms with Crippen molar-refractivity contribution in [2.75, 3.05) is 0 Å². The van der Waals surface area contributed by atoms with E-state index in [1.807, 2.05) is 19.9 Å². The monoisotopic (exact) mass is 445 g/mol. The number of hydrogen-bond acceptors (Lipinski definition) is 5. The number of nitrogens with one attached hydrogen (secondary N) is 1. The van der Waals surface area contributed by atoms with Crippen LogP contribution in [0.15, 0.2) is 35.1 Å². The van der Waals surface area contributed by atoms with E-state index in [1.54, 1.807) is 0 Å². The standard InChI is InChI=1S/C25H35NO6/c1-6-13(3)16-8-7-15-10-12(2)9-14(4)18(15)19(16)22(28)20-21(27)17(26-23(20)29)11-25(5,32)24(30)31/h6-8,12,14-19,28,32H,9-11H2,1-5H3,(H,26,29)(H,30,31)/b13-6+,22-20+/t12-,14?,15-,16+,17-,18?,19-,25-/m1/s1. The first-order valence-corrected chi connectivity index (χ1v) is 11.4. The van der Waals surface area contributed by atoms with Crippen LogP contribution in [-0.2, 0) is 14.4 Å². The second-order valence-electron chi connectivity index (χ2n) is 10.2. The zero-order chi connectivity index (χ0) is 24.0. The maximum atomic E-state index is 13.1. The summed E-state index contributed by atoms with van der Waals surface area (Å²) in [5, 5.41) is 33.2. The Kier molecular flexibility index (Phi) is 6.70. The van der Waals surface area contributed by atoms with Crippen molar-refractivity contribution in [1.29, 1.82) is 0 Å². The minimum Gasteiger partial charge on any atom is -0.511 e. The molecule has 2 fully saturated rings. The molecular weight excluding hydrogens is 410 g/mol. The average molecular weight is 446 g/mol. The fourth-order valence-electron chi connectivity index (χ4n) is 5.98. The average Bonchev–Trinajstić information content (AvgIpc) is 2.98. The number of carboxylic acid groups (broad SMARTS) is 1. The van der Waals surface area contributed by atoms with E-state index >= 15 is 0 Å². The Bertz CT molecular complexity index is 898. The van der Waals surface area contributed by atoms with Crippen molar-refractivity contribution in [3.8, 4) is 0 Å². The molecule has 0 spiro atoms. The van der Waals surface area contributed by atoms with E-state index < -0.39 is 41.6 Å². The number of Topliss-reactive ketones (excluding diaryl/α,β-unsaturated/α-hetero) is 1. The highest BCUT2D eigenvalue weighted by molar-refractivity contribution is 6.27. The normalized spacial score (nSPS) is 38.7. The summed E-state index contributed by atoms with van der Waals surface area (Å²) in [6.45, 7) is 9.40. The lowest BCUT2D eigenvalue weighted by molar-refractivity contribution is -0.158. The number of aliphatic hydroxyl groups excluding tert-OH is 1. The molecule has 1 amide bonds. The topological polar surface area (TPSA) is 124 Å². The summed E-state index contributed by atoms with van der Waals surface area (Å²) in [6.07, 6.45) is 7.85. The molecule has 0 aromatic rings. The van der Waals surface area contributed by atoms with Gasteiger partial charge in [-0.3, -0.25) is 9.59 Å². The van der Waals surface area contributed by atoms with Crippen LogP contribution in [0.2, 0.25) is 0 Å². The van der Waals surface area contributed by atoms with Gasteiger partial charge < -0.3 is 20.6 Å². The minimum absolute atomic E-state index is 0.0883. The Morgan fingerprint density at radius 2 is 1.88 bits per heavy atom. The fraction of sp³-hybridized carbons (Fsp3) is 0.640. The van der Waals surface area contributed by atoms with Gasteiger partial charge in [-0.05, 0) is 57.3 Å². The molecule has 8 atom stereocenters. The highest BCUT2D eigenvalue weighted by Gasteiger charge is 2.49. The number of carbonyl (C=O) groups excluding carboxylic acids is 2. The van der Waals surface area contributed by atoms with E-state index in [1.165, 1.54) is 0 Å². The van der Waals surface area contributed by atoms with E-state index in [9.17, 15) is 29.7 Å². The van der Waals surface area contributed by atoms with E-state index in [4.69, 9.17) is 0 Å². The highest BCUT2D eigenvalue weighted by atomic mass is 16.4. The van der Waals surface area contributed by atoms with Crippen LogP contribution in [0.25, 0.3) is 0 Å². The van der Waals surface area contributed by atoms with E-state index in [2.05, 4.69) is 31.3 Å². The van der Waals surface area contributed by atoms with Crippen LogP contribution in [0.1, 0.15) is 53.9 Å². The predicted molar refractivity (Wildman–Crippen MR) is 120 cm³/mol. The van der Waals surface area contributed by atoms with Gasteiger partial charge in [0.25, 0.3) is 5.91 Å². The highest BCUT2D eigenvalue weighted by Crippen LogP contribution is 2.51. The number of hydrogen-bond donors (Lipinski definition) is 4. The Balaban J connectivity index is 2.04. The number of rotatable bonds is 5. The molecule has 0 aromatic carbocycles. The third-order valence-electron chi connectivity index (χ3n) is 7.68. The van der Waals surface area contributed by atoms with Crippen LogP contribution >= 0.6 is 0 Å². The maximum Gasteiger partial charge on any atom is 0.335 e. The molecule has 1 saturated heterocycles. The van der Waals surface area contributed by atoms with Crippen molar-refractivity contribution in [2.24, 2.45) is 35.5 Å². The molecular formula is C25H35NO6. The van der Waals surface area contributed by atoms with Gasteiger partial charge in [-0.15, -0.1) is 0 Å².